The zero-order valence-electron chi connectivity index (χ0n) is 16.6. The maximum absolute atomic E-state index is 2.45. The molecule has 0 bridgehead atoms. The van der Waals surface area contributed by atoms with Crippen molar-refractivity contribution in [1.82, 2.24) is 0 Å². The fourth-order valence-corrected chi connectivity index (χ4v) is 3.65. The van der Waals surface area contributed by atoms with E-state index in [0.717, 1.165) is 12.8 Å². The molecule has 0 saturated heterocycles. The third-order valence-electron chi connectivity index (χ3n) is 5.09. The van der Waals surface area contributed by atoms with E-state index in [1.165, 1.54) is 57.3 Å². The van der Waals surface area contributed by atoms with E-state index in [9.17, 15) is 0 Å². The zero-order valence-corrected chi connectivity index (χ0v) is 16.6. The maximum Gasteiger partial charge on any atom is -0.0149 e. The Morgan fingerprint density at radius 1 is 0.538 bits per heavy atom. The third kappa shape index (κ3) is 4.07. The number of benzene rings is 3. The summed E-state index contributed by atoms with van der Waals surface area (Å²) in [5.74, 6) is 0. The quantitative estimate of drug-likeness (QED) is 0.434. The Hall–Kier alpha value is -2.34. The lowest BCUT2D eigenvalue weighted by molar-refractivity contribution is 0.907. The first-order valence-corrected chi connectivity index (χ1v) is 9.92. The summed E-state index contributed by atoms with van der Waals surface area (Å²) in [5.41, 5.74) is 11.1. The number of aryl methyl sites for hydroxylation is 4. The first kappa shape index (κ1) is 18.5. The van der Waals surface area contributed by atoms with Gasteiger partial charge in [0.1, 0.15) is 0 Å². The fourth-order valence-electron chi connectivity index (χ4n) is 3.65. The third-order valence-corrected chi connectivity index (χ3v) is 5.09. The Morgan fingerprint density at radius 2 is 0.885 bits per heavy atom. The molecule has 3 aromatic rings. The molecule has 0 aliphatic carbocycles. The van der Waals surface area contributed by atoms with Gasteiger partial charge in [-0.05, 0) is 60.1 Å². The highest BCUT2D eigenvalue weighted by Gasteiger charge is 2.12. The lowest BCUT2D eigenvalue weighted by Crippen LogP contribution is -1.97. The minimum Gasteiger partial charge on any atom is -0.0651 e. The van der Waals surface area contributed by atoms with Crippen LogP contribution < -0.4 is 0 Å². The molecule has 0 heterocycles. The summed E-state index contributed by atoms with van der Waals surface area (Å²) in [6, 6.07) is 22.9. The molecule has 0 spiro atoms. The molecule has 0 saturated carbocycles. The molecule has 0 amide bonds. The lowest BCUT2D eigenvalue weighted by atomic mass is 9.87. The maximum atomic E-state index is 2.45. The molecule has 0 aliphatic heterocycles. The Bertz CT molecular complexity index is 777. The molecule has 134 valence electrons. The van der Waals surface area contributed by atoms with Crippen molar-refractivity contribution < 1.29 is 0 Å². The van der Waals surface area contributed by atoms with Crippen molar-refractivity contribution in [2.45, 2.75) is 53.4 Å². The van der Waals surface area contributed by atoms with E-state index in [0.29, 0.717) is 0 Å². The second kappa shape index (κ2) is 8.36. The molecular weight excluding hydrogens is 312 g/mol. The molecule has 0 aromatic heterocycles. The van der Waals surface area contributed by atoms with Crippen LogP contribution in [0.3, 0.4) is 0 Å². The minimum absolute atomic E-state index is 1.12. The summed E-state index contributed by atoms with van der Waals surface area (Å²) in [6.07, 6.45) is 4.57. The number of hydrogen-bond acceptors (Lipinski definition) is 0. The Kier molecular flexibility index (Phi) is 5.93. The van der Waals surface area contributed by atoms with E-state index in [1.807, 2.05) is 0 Å². The van der Waals surface area contributed by atoms with Gasteiger partial charge in [0.25, 0.3) is 0 Å². The first-order chi connectivity index (χ1) is 12.6. The van der Waals surface area contributed by atoms with Crippen LogP contribution in [0, 0.1) is 13.8 Å². The van der Waals surface area contributed by atoms with E-state index in [-0.39, 0.29) is 0 Å². The van der Waals surface area contributed by atoms with Crippen molar-refractivity contribution in [3.63, 3.8) is 0 Å². The summed E-state index contributed by atoms with van der Waals surface area (Å²) in [6.45, 7) is 8.84. The minimum atomic E-state index is 1.12. The summed E-state index contributed by atoms with van der Waals surface area (Å²) in [7, 11) is 0. The summed E-state index contributed by atoms with van der Waals surface area (Å²) < 4.78 is 0. The van der Waals surface area contributed by atoms with Gasteiger partial charge in [0.05, 0.1) is 0 Å². The van der Waals surface area contributed by atoms with Crippen LogP contribution in [0.1, 0.15) is 48.9 Å². The van der Waals surface area contributed by atoms with Crippen molar-refractivity contribution in [2.75, 3.05) is 0 Å². The van der Waals surface area contributed by atoms with Crippen molar-refractivity contribution in [2.24, 2.45) is 0 Å². The van der Waals surface area contributed by atoms with Crippen molar-refractivity contribution in [3.8, 4) is 22.3 Å². The highest BCUT2D eigenvalue weighted by atomic mass is 14.2. The first-order valence-electron chi connectivity index (χ1n) is 9.92. The number of hydrogen-bond donors (Lipinski definition) is 0. The topological polar surface area (TPSA) is 0 Å². The largest absolute Gasteiger partial charge is 0.0651 e. The van der Waals surface area contributed by atoms with Crippen molar-refractivity contribution in [1.29, 1.82) is 0 Å². The van der Waals surface area contributed by atoms with Gasteiger partial charge in [0.15, 0.2) is 0 Å². The molecule has 3 rings (SSSR count). The molecule has 26 heavy (non-hydrogen) atoms. The predicted octanol–water partition coefficient (Wildman–Crippen LogP) is 7.54. The van der Waals surface area contributed by atoms with Crippen LogP contribution in [0.25, 0.3) is 22.3 Å². The van der Waals surface area contributed by atoms with Gasteiger partial charge >= 0.3 is 0 Å². The standard InChI is InChI=1S/C26H30/c1-5-7-23-17-26(22-15-11-20(4)12-16-22)24(8-6-2)18-25(23)21-13-9-19(3)10-14-21/h9-18H,5-8H2,1-4H3. The smallest absolute Gasteiger partial charge is 0.0149 e. The Balaban J connectivity index is 2.17. The van der Waals surface area contributed by atoms with E-state index in [4.69, 9.17) is 0 Å². The molecule has 0 atom stereocenters. The van der Waals surface area contributed by atoms with Crippen LogP contribution in [-0.2, 0) is 12.8 Å². The van der Waals surface area contributed by atoms with Gasteiger partial charge < -0.3 is 0 Å². The van der Waals surface area contributed by atoms with Crippen LogP contribution in [0.4, 0.5) is 0 Å². The van der Waals surface area contributed by atoms with Crippen LogP contribution in [-0.4, -0.2) is 0 Å². The van der Waals surface area contributed by atoms with Crippen LogP contribution in [0.2, 0.25) is 0 Å². The van der Waals surface area contributed by atoms with Crippen molar-refractivity contribution in [3.05, 3.63) is 82.9 Å². The van der Waals surface area contributed by atoms with Gasteiger partial charge in [-0.1, -0.05) is 98.5 Å². The summed E-state index contributed by atoms with van der Waals surface area (Å²) >= 11 is 0. The molecule has 0 heteroatoms. The predicted molar refractivity (Wildman–Crippen MR) is 115 cm³/mol. The van der Waals surface area contributed by atoms with Gasteiger partial charge in [0.2, 0.25) is 0 Å². The SMILES string of the molecule is CCCc1cc(-c2ccc(C)cc2)c(CCC)cc1-c1ccc(C)cc1. The van der Waals surface area contributed by atoms with Gasteiger partial charge in [-0.3, -0.25) is 0 Å². The second-order valence-electron chi connectivity index (χ2n) is 7.40. The molecule has 0 fully saturated rings. The lowest BCUT2D eigenvalue weighted by Gasteiger charge is -2.17. The molecule has 0 aliphatic rings. The van der Waals surface area contributed by atoms with E-state index >= 15 is 0 Å². The van der Waals surface area contributed by atoms with Gasteiger partial charge in [-0.15, -0.1) is 0 Å². The Morgan fingerprint density at radius 3 is 1.19 bits per heavy atom. The normalized spacial score (nSPS) is 10.9. The van der Waals surface area contributed by atoms with Gasteiger partial charge in [0, 0.05) is 0 Å². The molecular formula is C26H30. The molecule has 3 aromatic carbocycles. The highest BCUT2D eigenvalue weighted by Crippen LogP contribution is 2.34. The molecule has 0 N–H and O–H groups in total. The number of rotatable bonds is 6. The fraction of sp³-hybridized carbons (Fsp3) is 0.308. The van der Waals surface area contributed by atoms with E-state index in [2.05, 4.69) is 88.4 Å². The second-order valence-corrected chi connectivity index (χ2v) is 7.40. The van der Waals surface area contributed by atoms with Crippen molar-refractivity contribution >= 4 is 0 Å². The average Bonchev–Trinajstić information content (AvgIpc) is 2.64. The summed E-state index contributed by atoms with van der Waals surface area (Å²) in [5, 5.41) is 0. The van der Waals surface area contributed by atoms with Crippen LogP contribution in [0.5, 0.6) is 0 Å². The van der Waals surface area contributed by atoms with Crippen LogP contribution >= 0.6 is 0 Å². The average molecular weight is 343 g/mol. The molecule has 0 nitrogen and oxygen atoms in total. The monoisotopic (exact) mass is 342 g/mol. The van der Waals surface area contributed by atoms with Gasteiger partial charge in [-0.2, -0.15) is 0 Å². The van der Waals surface area contributed by atoms with Gasteiger partial charge in [-0.25, -0.2) is 0 Å². The zero-order chi connectivity index (χ0) is 18.5. The van der Waals surface area contributed by atoms with E-state index in [1.54, 1.807) is 0 Å². The van der Waals surface area contributed by atoms with Crippen LogP contribution in [0.15, 0.2) is 60.7 Å². The van der Waals surface area contributed by atoms with E-state index < -0.39 is 0 Å². The molecule has 0 unspecified atom stereocenters. The molecule has 0 radical (unpaired) electrons. The summed E-state index contributed by atoms with van der Waals surface area (Å²) in [4.78, 5) is 0. The highest BCUT2D eigenvalue weighted by molar-refractivity contribution is 5.77. The Labute approximate surface area is 158 Å².